The number of carbonyl (C=O) groups is 1. The fourth-order valence-electron chi connectivity index (χ4n) is 1.35. The van der Waals surface area contributed by atoms with Gasteiger partial charge in [-0.15, -0.1) is 11.8 Å². The molecule has 17 heavy (non-hydrogen) atoms. The summed E-state index contributed by atoms with van der Waals surface area (Å²) in [4.78, 5) is 15.4. The molecule has 1 heterocycles. The lowest BCUT2D eigenvalue weighted by Gasteiger charge is -2.02. The second-order valence-electron chi connectivity index (χ2n) is 3.42. The Bertz CT molecular complexity index is 471. The highest BCUT2D eigenvalue weighted by molar-refractivity contribution is 7.98. The molecule has 1 N–H and O–H groups in total. The van der Waals surface area contributed by atoms with Gasteiger partial charge >= 0.3 is 0 Å². The zero-order chi connectivity index (χ0) is 11.9. The van der Waals surface area contributed by atoms with Gasteiger partial charge in [0, 0.05) is 16.8 Å². The molecule has 0 spiro atoms. The van der Waals surface area contributed by atoms with E-state index in [1.165, 1.54) is 5.56 Å². The first-order valence-electron chi connectivity index (χ1n) is 5.21. The first kappa shape index (κ1) is 11.7. The molecule has 4 heteroatoms. The monoisotopic (exact) mass is 244 g/mol. The Morgan fingerprint density at radius 2 is 2.00 bits per heavy atom. The summed E-state index contributed by atoms with van der Waals surface area (Å²) in [6.07, 6.45) is 2.39. The van der Waals surface area contributed by atoms with E-state index in [-0.39, 0.29) is 0 Å². The second-order valence-corrected chi connectivity index (χ2v) is 4.46. The largest absolute Gasteiger partial charge is 0.313 e. The molecule has 0 atom stereocenters. The van der Waals surface area contributed by atoms with Crippen molar-refractivity contribution in [3.8, 4) is 0 Å². The van der Waals surface area contributed by atoms with Crippen molar-refractivity contribution >= 4 is 24.0 Å². The van der Waals surface area contributed by atoms with Gasteiger partial charge < -0.3 is 5.32 Å². The van der Waals surface area contributed by atoms with Crippen LogP contribution in [0, 0.1) is 0 Å². The molecule has 2 rings (SSSR count). The Hall–Kier alpha value is -1.81. The van der Waals surface area contributed by atoms with Crippen LogP contribution in [-0.4, -0.2) is 11.4 Å². The average Bonchev–Trinajstić information content (AvgIpc) is 2.40. The molecule has 0 radical (unpaired) electrons. The summed E-state index contributed by atoms with van der Waals surface area (Å²) in [5, 5.41) is 2.51. The summed E-state index contributed by atoms with van der Waals surface area (Å²) in [7, 11) is 0. The van der Waals surface area contributed by atoms with Crippen LogP contribution in [0.4, 0.5) is 5.82 Å². The lowest BCUT2D eigenvalue weighted by molar-refractivity contribution is -0.105. The van der Waals surface area contributed by atoms with Gasteiger partial charge in [-0.3, -0.25) is 4.79 Å². The highest BCUT2D eigenvalue weighted by Crippen LogP contribution is 2.22. The highest BCUT2D eigenvalue weighted by Gasteiger charge is 1.97. The number of pyridine rings is 1. The van der Waals surface area contributed by atoms with Gasteiger partial charge in [0.15, 0.2) is 0 Å². The number of anilines is 1. The minimum Gasteiger partial charge on any atom is -0.313 e. The Balaban J connectivity index is 1.93. The van der Waals surface area contributed by atoms with Crippen LogP contribution in [0.25, 0.3) is 0 Å². The van der Waals surface area contributed by atoms with Crippen LogP contribution in [-0.2, 0) is 10.5 Å². The predicted octanol–water partition coefficient (Wildman–Crippen LogP) is 2.94. The van der Waals surface area contributed by atoms with Crippen molar-refractivity contribution in [1.29, 1.82) is 0 Å². The van der Waals surface area contributed by atoms with Gasteiger partial charge in [0.2, 0.25) is 6.41 Å². The van der Waals surface area contributed by atoms with Gasteiger partial charge in [-0.1, -0.05) is 30.3 Å². The molecule has 86 valence electrons. The maximum atomic E-state index is 10.2. The normalized spacial score (nSPS) is 9.88. The number of benzene rings is 1. The number of hydrogen-bond donors (Lipinski definition) is 1. The lowest BCUT2D eigenvalue weighted by Crippen LogP contribution is -1.95. The summed E-state index contributed by atoms with van der Waals surface area (Å²) < 4.78 is 0. The molecular formula is C13H12N2OS. The van der Waals surface area contributed by atoms with E-state index in [0.717, 1.165) is 10.6 Å². The molecule has 1 amide bonds. The van der Waals surface area contributed by atoms with E-state index in [2.05, 4.69) is 22.4 Å². The molecule has 0 bridgehead atoms. The molecule has 0 aliphatic rings. The molecule has 1 aromatic carbocycles. The van der Waals surface area contributed by atoms with Crippen LogP contribution in [0.3, 0.4) is 0 Å². The van der Waals surface area contributed by atoms with E-state index >= 15 is 0 Å². The van der Waals surface area contributed by atoms with E-state index in [1.54, 1.807) is 24.0 Å². The molecule has 2 aromatic rings. The van der Waals surface area contributed by atoms with Crippen molar-refractivity contribution in [3.63, 3.8) is 0 Å². The number of thioether (sulfide) groups is 1. The number of amides is 1. The zero-order valence-corrected chi connectivity index (χ0v) is 9.98. The number of carbonyl (C=O) groups excluding carboxylic acids is 1. The molecule has 0 aliphatic heterocycles. The molecular weight excluding hydrogens is 232 g/mol. The third kappa shape index (κ3) is 3.60. The first-order chi connectivity index (χ1) is 8.38. The number of nitrogens with zero attached hydrogens (tertiary/aromatic N) is 1. The van der Waals surface area contributed by atoms with Crippen LogP contribution in [0.2, 0.25) is 0 Å². The molecule has 0 saturated carbocycles. The lowest BCUT2D eigenvalue weighted by atomic mass is 10.2. The highest BCUT2D eigenvalue weighted by atomic mass is 32.2. The predicted molar refractivity (Wildman–Crippen MR) is 69.9 cm³/mol. The molecule has 0 unspecified atom stereocenters. The zero-order valence-electron chi connectivity index (χ0n) is 9.17. The molecule has 0 fully saturated rings. The number of rotatable bonds is 5. The summed E-state index contributed by atoms with van der Waals surface area (Å²) in [5.74, 6) is 1.49. The smallest absolute Gasteiger partial charge is 0.212 e. The van der Waals surface area contributed by atoms with Crippen LogP contribution in [0.1, 0.15) is 5.56 Å². The number of aromatic nitrogens is 1. The summed E-state index contributed by atoms with van der Waals surface area (Å²) in [6.45, 7) is 0. The SMILES string of the molecule is O=CNc1ccc(SCc2ccccc2)cn1. The van der Waals surface area contributed by atoms with Crippen LogP contribution < -0.4 is 5.32 Å². The third-order valence-corrected chi connectivity index (χ3v) is 3.24. The standard InChI is InChI=1S/C13H12N2OS/c16-10-15-13-7-6-12(8-14-13)17-9-11-4-2-1-3-5-11/h1-8,10H,9H2,(H,14,15,16). The number of nitrogens with one attached hydrogen (secondary N) is 1. The van der Waals surface area contributed by atoms with Gasteiger partial charge in [-0.05, 0) is 17.7 Å². The summed E-state index contributed by atoms with van der Waals surface area (Å²) >= 11 is 1.72. The molecule has 1 aromatic heterocycles. The minimum atomic E-state index is 0.573. The third-order valence-electron chi connectivity index (χ3n) is 2.19. The van der Waals surface area contributed by atoms with Gasteiger partial charge in [-0.2, -0.15) is 0 Å². The van der Waals surface area contributed by atoms with Crippen molar-refractivity contribution in [2.75, 3.05) is 5.32 Å². The fraction of sp³-hybridized carbons (Fsp3) is 0.0769. The van der Waals surface area contributed by atoms with Crippen LogP contribution in [0.5, 0.6) is 0 Å². The number of hydrogen-bond acceptors (Lipinski definition) is 3. The van der Waals surface area contributed by atoms with Crippen molar-refractivity contribution in [1.82, 2.24) is 4.98 Å². The van der Waals surface area contributed by atoms with E-state index in [9.17, 15) is 4.79 Å². The molecule has 0 aliphatic carbocycles. The van der Waals surface area contributed by atoms with Crippen LogP contribution in [0.15, 0.2) is 53.6 Å². The van der Waals surface area contributed by atoms with Crippen LogP contribution >= 0.6 is 11.8 Å². The maximum Gasteiger partial charge on any atom is 0.212 e. The second kappa shape index (κ2) is 6.06. The first-order valence-corrected chi connectivity index (χ1v) is 6.20. The maximum absolute atomic E-state index is 10.2. The van der Waals surface area contributed by atoms with Gasteiger partial charge in [0.1, 0.15) is 5.82 Å². The van der Waals surface area contributed by atoms with Crippen molar-refractivity contribution in [2.24, 2.45) is 0 Å². The Kier molecular flexibility index (Phi) is 4.16. The topological polar surface area (TPSA) is 42.0 Å². The fourth-order valence-corrected chi connectivity index (χ4v) is 2.17. The van der Waals surface area contributed by atoms with Gasteiger partial charge in [0.05, 0.1) is 0 Å². The Morgan fingerprint density at radius 3 is 2.65 bits per heavy atom. The van der Waals surface area contributed by atoms with Crippen molar-refractivity contribution in [2.45, 2.75) is 10.6 Å². The average molecular weight is 244 g/mol. The van der Waals surface area contributed by atoms with Gasteiger partial charge in [-0.25, -0.2) is 4.98 Å². The molecule has 0 saturated heterocycles. The Labute approximate surface area is 104 Å². The van der Waals surface area contributed by atoms with E-state index in [0.29, 0.717) is 12.2 Å². The molecule has 3 nitrogen and oxygen atoms in total. The van der Waals surface area contributed by atoms with E-state index < -0.39 is 0 Å². The van der Waals surface area contributed by atoms with Crippen molar-refractivity contribution < 1.29 is 4.79 Å². The quantitative estimate of drug-likeness (QED) is 0.649. The van der Waals surface area contributed by atoms with Gasteiger partial charge in [0.25, 0.3) is 0 Å². The summed E-state index contributed by atoms with van der Waals surface area (Å²) in [5.41, 5.74) is 1.28. The van der Waals surface area contributed by atoms with E-state index in [4.69, 9.17) is 0 Å². The van der Waals surface area contributed by atoms with Crippen molar-refractivity contribution in [3.05, 3.63) is 54.2 Å². The summed E-state index contributed by atoms with van der Waals surface area (Å²) in [6, 6.07) is 14.0. The minimum absolute atomic E-state index is 0.573. The Morgan fingerprint density at radius 1 is 1.18 bits per heavy atom. The van der Waals surface area contributed by atoms with E-state index in [1.807, 2.05) is 24.3 Å².